The van der Waals surface area contributed by atoms with Gasteiger partial charge in [0.25, 0.3) is 5.56 Å². The van der Waals surface area contributed by atoms with Crippen molar-refractivity contribution in [1.29, 1.82) is 0 Å². The summed E-state index contributed by atoms with van der Waals surface area (Å²) in [5.74, 6) is 0.0326. The second kappa shape index (κ2) is 8.33. The molecule has 0 amide bonds. The summed E-state index contributed by atoms with van der Waals surface area (Å²) in [6.45, 7) is 5.84. The van der Waals surface area contributed by atoms with Crippen molar-refractivity contribution in [1.82, 2.24) is 23.1 Å². The Bertz CT molecular complexity index is 1470. The number of imidazole rings is 2. The maximum absolute atomic E-state index is 13.4. The second-order valence-corrected chi connectivity index (χ2v) is 7.55. The van der Waals surface area contributed by atoms with Gasteiger partial charge in [-0.15, -0.1) is 0 Å². The molecule has 9 heteroatoms. The fourth-order valence-electron chi connectivity index (χ4n) is 3.86. The normalized spacial score (nSPS) is 11.8. The first-order valence-electron chi connectivity index (χ1n) is 10.4. The second-order valence-electron chi connectivity index (χ2n) is 7.55. The van der Waals surface area contributed by atoms with Crippen LogP contribution in [0.25, 0.3) is 23.0 Å². The van der Waals surface area contributed by atoms with Crippen LogP contribution in [0.4, 0.5) is 0 Å². The minimum Gasteiger partial charge on any atom is -0.465 e. The number of benzene rings is 1. The van der Waals surface area contributed by atoms with Crippen molar-refractivity contribution >= 4 is 29.0 Å². The van der Waals surface area contributed by atoms with Crippen molar-refractivity contribution in [3.63, 3.8) is 0 Å². The van der Waals surface area contributed by atoms with E-state index in [4.69, 9.17) is 4.74 Å². The van der Waals surface area contributed by atoms with Gasteiger partial charge in [-0.05, 0) is 26.3 Å². The summed E-state index contributed by atoms with van der Waals surface area (Å²) in [6.07, 6.45) is 3.65. The summed E-state index contributed by atoms with van der Waals surface area (Å²) in [5, 5.41) is 0. The molecule has 4 rings (SSSR count). The standard InChI is InChI=1S/C23H25N5O4/c1-5-32-18(29)14-27-15(2)16(3)28-19-20(24-22(27)28)25(4)23(31)26(21(19)30)13-9-12-17-10-7-6-8-11-17/h6-12H,5,13-14H2,1-4H3. The lowest BCUT2D eigenvalue weighted by Crippen LogP contribution is -2.39. The van der Waals surface area contributed by atoms with E-state index >= 15 is 0 Å². The van der Waals surface area contributed by atoms with Crippen LogP contribution in [0.5, 0.6) is 0 Å². The Morgan fingerprint density at radius 1 is 1.09 bits per heavy atom. The summed E-state index contributed by atoms with van der Waals surface area (Å²) in [5.41, 5.74) is 2.25. The van der Waals surface area contributed by atoms with E-state index in [1.807, 2.05) is 50.3 Å². The van der Waals surface area contributed by atoms with E-state index in [1.54, 1.807) is 29.0 Å². The largest absolute Gasteiger partial charge is 0.465 e. The molecule has 32 heavy (non-hydrogen) atoms. The van der Waals surface area contributed by atoms with Gasteiger partial charge < -0.3 is 9.30 Å². The molecule has 0 atom stereocenters. The van der Waals surface area contributed by atoms with Crippen LogP contribution in [-0.4, -0.2) is 35.7 Å². The van der Waals surface area contributed by atoms with E-state index < -0.39 is 17.2 Å². The molecule has 0 saturated heterocycles. The molecular formula is C23H25N5O4. The van der Waals surface area contributed by atoms with Gasteiger partial charge in [0.05, 0.1) is 6.61 Å². The molecule has 0 aliphatic rings. The summed E-state index contributed by atoms with van der Waals surface area (Å²) < 4.78 is 11.0. The molecule has 0 radical (unpaired) electrons. The van der Waals surface area contributed by atoms with Gasteiger partial charge in [0.15, 0.2) is 11.2 Å². The average molecular weight is 435 g/mol. The highest BCUT2D eigenvalue weighted by molar-refractivity contribution is 5.77. The van der Waals surface area contributed by atoms with E-state index in [-0.39, 0.29) is 25.3 Å². The zero-order chi connectivity index (χ0) is 23.0. The fourth-order valence-corrected chi connectivity index (χ4v) is 3.86. The zero-order valence-corrected chi connectivity index (χ0v) is 18.5. The fraction of sp³-hybridized carbons (Fsp3) is 0.304. The van der Waals surface area contributed by atoms with Gasteiger partial charge in [-0.2, -0.15) is 4.98 Å². The number of esters is 1. The molecular weight excluding hydrogens is 410 g/mol. The Hall–Kier alpha value is -3.88. The first-order chi connectivity index (χ1) is 15.3. The van der Waals surface area contributed by atoms with Crippen molar-refractivity contribution in [3.8, 4) is 0 Å². The molecule has 0 aliphatic carbocycles. The summed E-state index contributed by atoms with van der Waals surface area (Å²) in [7, 11) is 1.59. The number of fused-ring (bicyclic) bond motifs is 3. The van der Waals surface area contributed by atoms with Crippen molar-refractivity contribution in [2.45, 2.75) is 33.9 Å². The highest BCUT2D eigenvalue weighted by atomic mass is 16.5. The van der Waals surface area contributed by atoms with Crippen molar-refractivity contribution in [2.24, 2.45) is 7.05 Å². The summed E-state index contributed by atoms with van der Waals surface area (Å²) in [4.78, 5) is 42.9. The Morgan fingerprint density at radius 3 is 2.50 bits per heavy atom. The SMILES string of the molecule is CCOC(=O)Cn1c(C)c(C)n2c3c(=O)n(CC=Cc4ccccc4)c(=O)n(C)c3nc12. The van der Waals surface area contributed by atoms with Crippen LogP contribution < -0.4 is 11.2 Å². The first-order valence-corrected chi connectivity index (χ1v) is 10.4. The number of carbonyl (C=O) groups is 1. The highest BCUT2D eigenvalue weighted by Gasteiger charge is 2.23. The molecule has 3 aromatic heterocycles. The number of ether oxygens (including phenoxy) is 1. The van der Waals surface area contributed by atoms with Crippen LogP contribution in [-0.2, 0) is 29.7 Å². The lowest BCUT2D eigenvalue weighted by atomic mass is 10.2. The predicted octanol–water partition coefficient (Wildman–Crippen LogP) is 2.04. The monoisotopic (exact) mass is 435 g/mol. The van der Waals surface area contributed by atoms with Gasteiger partial charge in [0, 0.05) is 25.0 Å². The first kappa shape index (κ1) is 21.4. The van der Waals surface area contributed by atoms with Gasteiger partial charge >= 0.3 is 11.7 Å². The minimum atomic E-state index is -0.452. The smallest absolute Gasteiger partial charge is 0.332 e. The van der Waals surface area contributed by atoms with Crippen LogP contribution in [0, 0.1) is 13.8 Å². The van der Waals surface area contributed by atoms with Gasteiger partial charge in [-0.3, -0.25) is 23.1 Å². The van der Waals surface area contributed by atoms with Gasteiger partial charge in [-0.1, -0.05) is 42.5 Å². The molecule has 0 fully saturated rings. The van der Waals surface area contributed by atoms with Gasteiger partial charge in [0.2, 0.25) is 5.78 Å². The molecule has 0 bridgehead atoms. The molecule has 3 heterocycles. The van der Waals surface area contributed by atoms with E-state index in [0.717, 1.165) is 17.0 Å². The van der Waals surface area contributed by atoms with Crippen molar-refractivity contribution < 1.29 is 9.53 Å². The molecule has 0 saturated carbocycles. The molecule has 0 unspecified atom stereocenters. The molecule has 166 valence electrons. The lowest BCUT2D eigenvalue weighted by Gasteiger charge is -2.07. The molecule has 0 aliphatic heterocycles. The molecule has 9 nitrogen and oxygen atoms in total. The van der Waals surface area contributed by atoms with Gasteiger partial charge in [-0.25, -0.2) is 4.79 Å². The molecule has 0 spiro atoms. The number of allylic oxidation sites excluding steroid dienone is 1. The van der Waals surface area contributed by atoms with Gasteiger partial charge in [0.1, 0.15) is 6.54 Å². The third kappa shape index (κ3) is 3.45. The topological polar surface area (TPSA) is 92.5 Å². The van der Waals surface area contributed by atoms with Crippen LogP contribution in [0.15, 0.2) is 46.0 Å². The summed E-state index contributed by atoms with van der Waals surface area (Å²) >= 11 is 0. The predicted molar refractivity (Wildman–Crippen MR) is 122 cm³/mol. The molecule has 4 aromatic rings. The molecule has 1 aromatic carbocycles. The number of aryl methyl sites for hydroxylation is 2. The van der Waals surface area contributed by atoms with Crippen LogP contribution in [0.2, 0.25) is 0 Å². The Labute approximate surface area is 183 Å². The number of rotatable bonds is 6. The maximum atomic E-state index is 13.4. The van der Waals surface area contributed by atoms with Crippen LogP contribution in [0.1, 0.15) is 23.9 Å². The average Bonchev–Trinajstić information content (AvgIpc) is 3.27. The number of nitrogens with zero attached hydrogens (tertiary/aromatic N) is 5. The van der Waals surface area contributed by atoms with E-state index in [0.29, 0.717) is 11.3 Å². The number of carbonyl (C=O) groups excluding carboxylic acids is 1. The number of hydrogen-bond donors (Lipinski definition) is 0. The van der Waals surface area contributed by atoms with E-state index in [1.165, 1.54) is 9.13 Å². The Morgan fingerprint density at radius 2 is 1.81 bits per heavy atom. The number of hydrogen-bond acceptors (Lipinski definition) is 5. The Balaban J connectivity index is 1.87. The van der Waals surface area contributed by atoms with Crippen LogP contribution >= 0.6 is 0 Å². The van der Waals surface area contributed by atoms with E-state index in [9.17, 15) is 14.4 Å². The van der Waals surface area contributed by atoms with Crippen LogP contribution in [0.3, 0.4) is 0 Å². The highest BCUT2D eigenvalue weighted by Crippen LogP contribution is 2.20. The third-order valence-electron chi connectivity index (χ3n) is 5.62. The molecule has 0 N–H and O–H groups in total. The van der Waals surface area contributed by atoms with E-state index in [2.05, 4.69) is 4.98 Å². The zero-order valence-electron chi connectivity index (χ0n) is 18.5. The Kier molecular flexibility index (Phi) is 5.56. The quantitative estimate of drug-likeness (QED) is 0.432. The maximum Gasteiger partial charge on any atom is 0.332 e. The van der Waals surface area contributed by atoms with Crippen molar-refractivity contribution in [2.75, 3.05) is 6.61 Å². The third-order valence-corrected chi connectivity index (χ3v) is 5.62. The van der Waals surface area contributed by atoms with Crippen molar-refractivity contribution in [3.05, 3.63) is 74.2 Å². The number of aromatic nitrogens is 5. The summed E-state index contributed by atoms with van der Waals surface area (Å²) in [6, 6.07) is 9.66. The minimum absolute atomic E-state index is 0.0255. The lowest BCUT2D eigenvalue weighted by molar-refractivity contribution is -0.143.